The maximum atomic E-state index is 12.1. The standard InChI is InChI=1S/C31H52O2/c1-7-9-29(32)33-24-16-18-30(5)23(20-24)12-13-25-27-15-14-26(22(4)11-8-10-21(2)3)31(27,6)19-17-28(25)30/h12,21-22,24-28H,7-11,13-20H2,1-6H3/t22-,24?,25+,26-,27+,28+,30+,31-/m1/s1. The summed E-state index contributed by atoms with van der Waals surface area (Å²) in [6.07, 6.45) is 18.8. The summed E-state index contributed by atoms with van der Waals surface area (Å²) in [5, 5.41) is 0. The van der Waals surface area contributed by atoms with Crippen LogP contribution in [0, 0.1) is 46.3 Å². The number of fused-ring (bicyclic) bond motifs is 5. The lowest BCUT2D eigenvalue weighted by molar-refractivity contribution is -0.151. The fourth-order valence-corrected chi connectivity index (χ4v) is 9.20. The molecule has 3 fully saturated rings. The van der Waals surface area contributed by atoms with Crippen molar-refractivity contribution in [1.82, 2.24) is 0 Å². The van der Waals surface area contributed by atoms with Gasteiger partial charge in [0.2, 0.25) is 0 Å². The molecule has 0 spiro atoms. The first kappa shape index (κ1) is 25.3. The van der Waals surface area contributed by atoms with Gasteiger partial charge in [-0.1, -0.05) is 72.5 Å². The molecular weight excluding hydrogens is 404 g/mol. The molecule has 0 saturated heterocycles. The lowest BCUT2D eigenvalue weighted by Gasteiger charge is -2.58. The second kappa shape index (κ2) is 10.1. The van der Waals surface area contributed by atoms with Crippen LogP contribution < -0.4 is 0 Å². The van der Waals surface area contributed by atoms with E-state index >= 15 is 0 Å². The minimum Gasteiger partial charge on any atom is -0.462 e. The zero-order valence-corrected chi connectivity index (χ0v) is 22.6. The topological polar surface area (TPSA) is 26.3 Å². The number of ether oxygens (including phenoxy) is 1. The lowest BCUT2D eigenvalue weighted by Crippen LogP contribution is -2.51. The Bertz CT molecular complexity index is 722. The van der Waals surface area contributed by atoms with E-state index < -0.39 is 0 Å². The van der Waals surface area contributed by atoms with Crippen LogP contribution in [0.4, 0.5) is 0 Å². The number of carbonyl (C=O) groups excluding carboxylic acids is 1. The van der Waals surface area contributed by atoms with Gasteiger partial charge in [0.05, 0.1) is 0 Å². The number of hydrogen-bond acceptors (Lipinski definition) is 2. The molecule has 8 atom stereocenters. The molecule has 2 heteroatoms. The monoisotopic (exact) mass is 456 g/mol. The van der Waals surface area contributed by atoms with E-state index in [-0.39, 0.29) is 12.1 Å². The van der Waals surface area contributed by atoms with Gasteiger partial charge in [-0.05, 0) is 97.7 Å². The van der Waals surface area contributed by atoms with Crippen LogP contribution in [0.3, 0.4) is 0 Å². The van der Waals surface area contributed by atoms with Crippen molar-refractivity contribution in [3.63, 3.8) is 0 Å². The summed E-state index contributed by atoms with van der Waals surface area (Å²) < 4.78 is 5.85. The molecule has 4 aliphatic carbocycles. The van der Waals surface area contributed by atoms with Gasteiger partial charge in [0.25, 0.3) is 0 Å². The number of carbonyl (C=O) groups is 1. The number of esters is 1. The Morgan fingerprint density at radius 2 is 1.85 bits per heavy atom. The van der Waals surface area contributed by atoms with Gasteiger partial charge in [0, 0.05) is 12.8 Å². The van der Waals surface area contributed by atoms with Crippen molar-refractivity contribution in [2.45, 2.75) is 131 Å². The molecule has 1 unspecified atom stereocenters. The second-order valence-corrected chi connectivity index (χ2v) is 13.4. The van der Waals surface area contributed by atoms with Gasteiger partial charge >= 0.3 is 5.97 Å². The van der Waals surface area contributed by atoms with Gasteiger partial charge in [0.15, 0.2) is 0 Å². The average Bonchev–Trinajstić information content (AvgIpc) is 3.11. The minimum absolute atomic E-state index is 0.00772. The Balaban J connectivity index is 1.43. The first-order chi connectivity index (χ1) is 15.7. The van der Waals surface area contributed by atoms with Crippen molar-refractivity contribution in [2.75, 3.05) is 0 Å². The minimum atomic E-state index is 0.00772. The van der Waals surface area contributed by atoms with Crippen molar-refractivity contribution in [3.8, 4) is 0 Å². The molecule has 0 amide bonds. The van der Waals surface area contributed by atoms with Crippen molar-refractivity contribution < 1.29 is 9.53 Å². The van der Waals surface area contributed by atoms with Crippen LogP contribution >= 0.6 is 0 Å². The van der Waals surface area contributed by atoms with Crippen molar-refractivity contribution in [2.24, 2.45) is 46.3 Å². The van der Waals surface area contributed by atoms with Gasteiger partial charge in [0.1, 0.15) is 6.10 Å². The quantitative estimate of drug-likeness (QED) is 0.269. The molecule has 4 rings (SSSR count). The van der Waals surface area contributed by atoms with Crippen LogP contribution in [0.1, 0.15) is 125 Å². The summed E-state index contributed by atoms with van der Waals surface area (Å²) in [6, 6.07) is 0. The second-order valence-electron chi connectivity index (χ2n) is 13.4. The highest BCUT2D eigenvalue weighted by atomic mass is 16.5. The van der Waals surface area contributed by atoms with E-state index in [0.717, 1.165) is 54.8 Å². The highest BCUT2D eigenvalue weighted by Crippen LogP contribution is 2.67. The highest BCUT2D eigenvalue weighted by Gasteiger charge is 2.59. The summed E-state index contributed by atoms with van der Waals surface area (Å²) in [4.78, 5) is 12.1. The molecule has 33 heavy (non-hydrogen) atoms. The molecular formula is C31H52O2. The maximum absolute atomic E-state index is 12.1. The number of allylic oxidation sites excluding steroid dienone is 1. The first-order valence-electron chi connectivity index (χ1n) is 14.6. The Morgan fingerprint density at radius 1 is 1.06 bits per heavy atom. The van der Waals surface area contributed by atoms with E-state index in [2.05, 4.69) is 47.6 Å². The van der Waals surface area contributed by atoms with Crippen molar-refractivity contribution in [3.05, 3.63) is 11.6 Å². The van der Waals surface area contributed by atoms with Gasteiger partial charge in [-0.2, -0.15) is 0 Å². The Hall–Kier alpha value is -0.790. The summed E-state index contributed by atoms with van der Waals surface area (Å²) in [5.74, 6) is 5.31. The first-order valence-corrected chi connectivity index (χ1v) is 14.6. The molecule has 4 aliphatic rings. The highest BCUT2D eigenvalue weighted by molar-refractivity contribution is 5.69. The van der Waals surface area contributed by atoms with E-state index in [1.54, 1.807) is 5.57 Å². The number of hydrogen-bond donors (Lipinski definition) is 0. The van der Waals surface area contributed by atoms with Gasteiger partial charge in [-0.25, -0.2) is 0 Å². The zero-order valence-electron chi connectivity index (χ0n) is 22.6. The Morgan fingerprint density at radius 3 is 2.58 bits per heavy atom. The van der Waals surface area contributed by atoms with E-state index in [0.29, 0.717) is 17.3 Å². The summed E-state index contributed by atoms with van der Waals surface area (Å²) in [6.45, 7) is 14.6. The molecule has 0 heterocycles. The van der Waals surface area contributed by atoms with Gasteiger partial charge in [-0.15, -0.1) is 0 Å². The fraction of sp³-hybridized carbons (Fsp3) is 0.903. The van der Waals surface area contributed by atoms with Crippen LogP contribution in [0.5, 0.6) is 0 Å². The maximum Gasteiger partial charge on any atom is 0.306 e. The van der Waals surface area contributed by atoms with Crippen LogP contribution in [0.2, 0.25) is 0 Å². The summed E-state index contributed by atoms with van der Waals surface area (Å²) >= 11 is 0. The van der Waals surface area contributed by atoms with Crippen LogP contribution in [-0.4, -0.2) is 12.1 Å². The Labute approximate surface area is 204 Å². The predicted molar refractivity (Wildman–Crippen MR) is 138 cm³/mol. The van der Waals surface area contributed by atoms with Gasteiger partial charge < -0.3 is 4.74 Å². The smallest absolute Gasteiger partial charge is 0.306 e. The van der Waals surface area contributed by atoms with E-state index in [9.17, 15) is 4.79 Å². The fourth-order valence-electron chi connectivity index (χ4n) is 9.20. The number of rotatable bonds is 8. The molecule has 0 aromatic rings. The SMILES string of the molecule is CCCC(=O)OC1CC[C@@]2(C)C(=CC[C@H]3[C@@H]4CC[C@H]([C@H](C)CCCC(C)C)[C@@]4(C)CC[C@@H]32)C1. The molecule has 0 aliphatic heterocycles. The van der Waals surface area contributed by atoms with Crippen LogP contribution in [-0.2, 0) is 9.53 Å². The normalized spacial score (nSPS) is 41.1. The molecule has 0 aromatic heterocycles. The molecule has 0 radical (unpaired) electrons. The molecule has 3 saturated carbocycles. The van der Waals surface area contributed by atoms with Crippen molar-refractivity contribution >= 4 is 5.97 Å². The van der Waals surface area contributed by atoms with E-state index in [4.69, 9.17) is 4.74 Å². The molecule has 0 aromatic carbocycles. The van der Waals surface area contributed by atoms with Gasteiger partial charge in [-0.3, -0.25) is 4.79 Å². The summed E-state index contributed by atoms with van der Waals surface area (Å²) in [5.41, 5.74) is 2.54. The van der Waals surface area contributed by atoms with E-state index in [1.807, 2.05) is 0 Å². The van der Waals surface area contributed by atoms with Crippen molar-refractivity contribution in [1.29, 1.82) is 0 Å². The van der Waals surface area contributed by atoms with Crippen LogP contribution in [0.15, 0.2) is 11.6 Å². The Kier molecular flexibility index (Phi) is 7.72. The largest absolute Gasteiger partial charge is 0.462 e. The van der Waals surface area contributed by atoms with E-state index in [1.165, 1.54) is 57.8 Å². The third-order valence-corrected chi connectivity index (χ3v) is 11.0. The van der Waals surface area contributed by atoms with Crippen LogP contribution in [0.25, 0.3) is 0 Å². The third kappa shape index (κ3) is 4.84. The molecule has 0 N–H and O–H groups in total. The average molecular weight is 457 g/mol. The zero-order chi connectivity index (χ0) is 23.8. The molecule has 188 valence electrons. The molecule has 2 nitrogen and oxygen atoms in total. The molecule has 0 bridgehead atoms. The third-order valence-electron chi connectivity index (χ3n) is 11.0. The summed E-state index contributed by atoms with van der Waals surface area (Å²) in [7, 11) is 0. The lowest BCUT2D eigenvalue weighted by atomic mass is 9.47. The predicted octanol–water partition coefficient (Wildman–Crippen LogP) is 8.74.